The van der Waals surface area contributed by atoms with Crippen LogP contribution < -0.4 is 20.4 Å². The molecule has 0 aromatic heterocycles. The molecule has 0 saturated carbocycles. The lowest BCUT2D eigenvalue weighted by Crippen LogP contribution is -2.43. The highest BCUT2D eigenvalue weighted by atomic mass is 35.5. The fraction of sp³-hybridized carbons (Fsp3) is 0.455. The standard InChI is InChI=1S/C22H26Cl4N4.2ClH/c1-14(15-2-4-17(21(25)19(15)23)29-10-6-27-7-11-29)16-3-5-18(22(26)20(16)24)30-12-8-28-9-13-30;;/h2-5,14,27-28H,6-13H2,1H3;2*1H. The van der Waals surface area contributed by atoms with Crippen molar-refractivity contribution in [2.24, 2.45) is 0 Å². The van der Waals surface area contributed by atoms with Gasteiger partial charge in [0.25, 0.3) is 0 Å². The summed E-state index contributed by atoms with van der Waals surface area (Å²) >= 11 is 26.9. The van der Waals surface area contributed by atoms with Gasteiger partial charge in [0.1, 0.15) is 0 Å². The van der Waals surface area contributed by atoms with E-state index in [1.54, 1.807) is 0 Å². The van der Waals surface area contributed by atoms with Gasteiger partial charge in [-0.1, -0.05) is 65.5 Å². The highest BCUT2D eigenvalue weighted by Gasteiger charge is 2.24. The number of hydrogen-bond acceptors (Lipinski definition) is 4. The zero-order valence-corrected chi connectivity index (χ0v) is 22.4. The van der Waals surface area contributed by atoms with E-state index in [2.05, 4.69) is 51.6 Å². The molecule has 0 radical (unpaired) electrons. The van der Waals surface area contributed by atoms with Crippen LogP contribution in [0.1, 0.15) is 24.0 Å². The number of nitrogens with one attached hydrogen (secondary N) is 2. The summed E-state index contributed by atoms with van der Waals surface area (Å²) in [4.78, 5) is 4.54. The third-order valence-electron chi connectivity index (χ3n) is 6.03. The average Bonchev–Trinajstić information content (AvgIpc) is 2.78. The molecule has 2 heterocycles. The summed E-state index contributed by atoms with van der Waals surface area (Å²) in [6, 6.07) is 8.25. The summed E-state index contributed by atoms with van der Waals surface area (Å²) < 4.78 is 0. The Bertz CT molecular complexity index is 840. The molecule has 0 bridgehead atoms. The van der Waals surface area contributed by atoms with E-state index in [-0.39, 0.29) is 30.7 Å². The van der Waals surface area contributed by atoms with Gasteiger partial charge in [-0.15, -0.1) is 24.8 Å². The Hall–Kier alpha value is -0.300. The fourth-order valence-electron chi connectivity index (χ4n) is 4.24. The zero-order valence-electron chi connectivity index (χ0n) is 17.8. The minimum Gasteiger partial charge on any atom is -0.368 e. The van der Waals surface area contributed by atoms with Gasteiger partial charge in [-0.3, -0.25) is 0 Å². The zero-order chi connectivity index (χ0) is 21.3. The Morgan fingerprint density at radius 2 is 0.969 bits per heavy atom. The Morgan fingerprint density at radius 3 is 1.31 bits per heavy atom. The molecule has 2 N–H and O–H groups in total. The number of hydrogen-bond donors (Lipinski definition) is 2. The number of piperazine rings is 2. The molecule has 2 aliphatic rings. The maximum atomic E-state index is 6.74. The molecule has 0 unspecified atom stereocenters. The first-order valence-electron chi connectivity index (χ1n) is 10.4. The van der Waals surface area contributed by atoms with Gasteiger partial charge in [-0.05, 0) is 23.3 Å². The summed E-state index contributed by atoms with van der Waals surface area (Å²) in [5.41, 5.74) is 3.87. The molecule has 4 rings (SSSR count). The van der Waals surface area contributed by atoms with Gasteiger partial charge in [0.15, 0.2) is 0 Å². The van der Waals surface area contributed by atoms with Gasteiger partial charge in [-0.25, -0.2) is 0 Å². The molecule has 10 heteroatoms. The fourth-order valence-corrected chi connectivity index (χ4v) is 5.47. The van der Waals surface area contributed by atoms with Crippen LogP contribution in [0.3, 0.4) is 0 Å². The molecular formula is C22H28Cl6N4. The van der Waals surface area contributed by atoms with Crippen LogP contribution in [0.4, 0.5) is 11.4 Å². The second kappa shape index (κ2) is 12.4. The lowest BCUT2D eigenvalue weighted by Gasteiger charge is -2.32. The van der Waals surface area contributed by atoms with E-state index in [0.29, 0.717) is 20.1 Å². The average molecular weight is 561 g/mol. The SMILES string of the molecule is CC(c1ccc(N2CCNCC2)c(Cl)c1Cl)c1ccc(N2CCNCC2)c(Cl)c1Cl.Cl.Cl. The van der Waals surface area contributed by atoms with Crippen LogP contribution in [0.5, 0.6) is 0 Å². The van der Waals surface area contributed by atoms with Crippen LogP contribution >= 0.6 is 71.2 Å². The van der Waals surface area contributed by atoms with Crippen LogP contribution in [-0.2, 0) is 0 Å². The summed E-state index contributed by atoms with van der Waals surface area (Å²) in [5.74, 6) is -0.0332. The topological polar surface area (TPSA) is 30.5 Å². The Morgan fingerprint density at radius 1 is 0.625 bits per heavy atom. The van der Waals surface area contributed by atoms with Crippen molar-refractivity contribution in [1.82, 2.24) is 10.6 Å². The minimum absolute atomic E-state index is 0. The van der Waals surface area contributed by atoms with Crippen molar-refractivity contribution in [3.05, 3.63) is 55.5 Å². The van der Waals surface area contributed by atoms with E-state index in [0.717, 1.165) is 74.9 Å². The molecule has 0 aliphatic carbocycles. The molecule has 2 fully saturated rings. The molecule has 2 aromatic carbocycles. The smallest absolute Gasteiger partial charge is 0.0828 e. The molecule has 0 atom stereocenters. The van der Waals surface area contributed by atoms with Crippen LogP contribution in [0.2, 0.25) is 20.1 Å². The third kappa shape index (κ3) is 5.67. The maximum absolute atomic E-state index is 6.74. The quantitative estimate of drug-likeness (QED) is 0.472. The highest BCUT2D eigenvalue weighted by Crippen LogP contribution is 2.44. The highest BCUT2D eigenvalue weighted by molar-refractivity contribution is 6.45. The first-order valence-corrected chi connectivity index (χ1v) is 11.9. The van der Waals surface area contributed by atoms with Gasteiger partial charge in [0.05, 0.1) is 31.5 Å². The van der Waals surface area contributed by atoms with E-state index in [1.165, 1.54) is 0 Å². The maximum Gasteiger partial charge on any atom is 0.0828 e. The van der Waals surface area contributed by atoms with Gasteiger partial charge < -0.3 is 20.4 Å². The molecular weight excluding hydrogens is 533 g/mol. The Balaban J connectivity index is 0.00000181. The van der Waals surface area contributed by atoms with Crippen molar-refractivity contribution >= 4 is 82.6 Å². The second-order valence-corrected chi connectivity index (χ2v) is 9.31. The van der Waals surface area contributed by atoms with Gasteiger partial charge >= 0.3 is 0 Å². The molecule has 0 spiro atoms. The van der Waals surface area contributed by atoms with Crippen LogP contribution in [0.25, 0.3) is 0 Å². The summed E-state index contributed by atoms with van der Waals surface area (Å²) in [7, 11) is 0. The van der Waals surface area contributed by atoms with Crippen molar-refractivity contribution in [3.63, 3.8) is 0 Å². The number of halogens is 6. The number of benzene rings is 2. The Labute approximate surface area is 222 Å². The van der Waals surface area contributed by atoms with Crippen molar-refractivity contribution in [1.29, 1.82) is 0 Å². The lowest BCUT2D eigenvalue weighted by molar-refractivity contribution is 0.589. The summed E-state index contributed by atoms with van der Waals surface area (Å²) in [6.07, 6.45) is 0. The van der Waals surface area contributed by atoms with Crippen LogP contribution in [0, 0.1) is 0 Å². The van der Waals surface area contributed by atoms with Gasteiger partial charge in [0.2, 0.25) is 0 Å². The van der Waals surface area contributed by atoms with Crippen molar-refractivity contribution in [2.75, 3.05) is 62.2 Å². The summed E-state index contributed by atoms with van der Waals surface area (Å²) in [5, 5.41) is 9.08. The first-order chi connectivity index (χ1) is 14.5. The number of anilines is 2. The summed E-state index contributed by atoms with van der Waals surface area (Å²) in [6.45, 7) is 9.53. The molecule has 2 saturated heterocycles. The van der Waals surface area contributed by atoms with Crippen molar-refractivity contribution in [2.45, 2.75) is 12.8 Å². The number of rotatable bonds is 4. The largest absolute Gasteiger partial charge is 0.368 e. The van der Waals surface area contributed by atoms with Crippen molar-refractivity contribution in [3.8, 4) is 0 Å². The minimum atomic E-state index is -0.0332. The normalized spacial score (nSPS) is 16.6. The first kappa shape index (κ1) is 27.9. The molecule has 2 aromatic rings. The van der Waals surface area contributed by atoms with Gasteiger partial charge in [0, 0.05) is 58.3 Å². The molecule has 2 aliphatic heterocycles. The van der Waals surface area contributed by atoms with E-state index >= 15 is 0 Å². The molecule has 32 heavy (non-hydrogen) atoms. The van der Waals surface area contributed by atoms with Gasteiger partial charge in [-0.2, -0.15) is 0 Å². The second-order valence-electron chi connectivity index (χ2n) is 7.80. The van der Waals surface area contributed by atoms with E-state index in [4.69, 9.17) is 46.4 Å². The molecule has 0 amide bonds. The predicted octanol–water partition coefficient (Wildman–Crippen LogP) is 6.11. The van der Waals surface area contributed by atoms with E-state index < -0.39 is 0 Å². The lowest BCUT2D eigenvalue weighted by atomic mass is 9.92. The Kier molecular flexibility index (Phi) is 10.8. The molecule has 178 valence electrons. The molecule has 4 nitrogen and oxygen atoms in total. The van der Waals surface area contributed by atoms with Crippen molar-refractivity contribution < 1.29 is 0 Å². The number of nitrogens with zero attached hydrogens (tertiary/aromatic N) is 2. The van der Waals surface area contributed by atoms with Crippen LogP contribution in [0.15, 0.2) is 24.3 Å². The van der Waals surface area contributed by atoms with E-state index in [9.17, 15) is 0 Å². The predicted molar refractivity (Wildman–Crippen MR) is 145 cm³/mol. The van der Waals surface area contributed by atoms with Crippen LogP contribution in [-0.4, -0.2) is 52.4 Å². The third-order valence-corrected chi connectivity index (χ3v) is 7.81. The monoisotopic (exact) mass is 558 g/mol. The van der Waals surface area contributed by atoms with E-state index in [1.807, 2.05) is 0 Å².